The van der Waals surface area contributed by atoms with E-state index in [2.05, 4.69) is 30.6 Å². The van der Waals surface area contributed by atoms with Crippen LogP contribution in [-0.2, 0) is 25.2 Å². The molecule has 4 rings (SSSR count). The molecule has 0 unspecified atom stereocenters. The summed E-state index contributed by atoms with van der Waals surface area (Å²) in [6.07, 6.45) is -6.14. The first-order valence-electron chi connectivity index (χ1n) is 10.2. The quantitative estimate of drug-likeness (QED) is 0.521. The minimum atomic E-state index is -4.56. The molecule has 0 amide bonds. The third-order valence-electron chi connectivity index (χ3n) is 5.27. The number of aromatic nitrogens is 4. The maximum absolute atomic E-state index is 13.5. The van der Waals surface area contributed by atoms with E-state index in [0.717, 1.165) is 18.3 Å². The fraction of sp³-hybridized carbons (Fsp3) is 0.333. The van der Waals surface area contributed by atoms with Crippen molar-refractivity contribution < 1.29 is 26.3 Å². The average molecular weight is 483 g/mol. The van der Waals surface area contributed by atoms with E-state index in [1.807, 2.05) is 0 Å². The van der Waals surface area contributed by atoms with Crippen molar-refractivity contribution in [3.05, 3.63) is 59.2 Å². The maximum atomic E-state index is 13.5. The zero-order chi connectivity index (χ0) is 24.5. The van der Waals surface area contributed by atoms with E-state index in [-0.39, 0.29) is 30.5 Å². The smallest absolute Gasteiger partial charge is 0.357 e. The zero-order valence-electron chi connectivity index (χ0n) is 17.8. The molecular weight excluding hydrogens is 464 g/mol. The van der Waals surface area contributed by atoms with Crippen LogP contribution in [-0.4, -0.2) is 40.1 Å². The summed E-state index contributed by atoms with van der Waals surface area (Å²) in [4.78, 5) is 17.8. The van der Waals surface area contributed by atoms with Crippen molar-refractivity contribution in [2.75, 3.05) is 35.7 Å². The summed E-state index contributed by atoms with van der Waals surface area (Å²) in [5, 5.41) is 5.79. The number of nitrogens with one attached hydrogen (secondary N) is 2. The minimum Gasteiger partial charge on any atom is -0.357 e. The van der Waals surface area contributed by atoms with E-state index in [0.29, 0.717) is 29.9 Å². The van der Waals surface area contributed by atoms with Crippen LogP contribution in [0.2, 0.25) is 0 Å². The Kier molecular flexibility index (Phi) is 6.19. The highest BCUT2D eigenvalue weighted by atomic mass is 19.4. The van der Waals surface area contributed by atoms with Crippen molar-refractivity contribution in [1.82, 2.24) is 19.9 Å². The van der Waals surface area contributed by atoms with E-state index >= 15 is 0 Å². The first-order chi connectivity index (χ1) is 16.1. The second-order valence-corrected chi connectivity index (χ2v) is 7.49. The second kappa shape index (κ2) is 8.95. The van der Waals surface area contributed by atoms with Crippen molar-refractivity contribution in [2.45, 2.75) is 25.2 Å². The van der Waals surface area contributed by atoms with E-state index < -0.39 is 23.6 Å². The summed E-state index contributed by atoms with van der Waals surface area (Å²) >= 11 is 0. The lowest BCUT2D eigenvalue weighted by Crippen LogP contribution is -2.29. The monoisotopic (exact) mass is 483 g/mol. The summed E-state index contributed by atoms with van der Waals surface area (Å²) in [5.41, 5.74) is -0.292. The Morgan fingerprint density at radius 1 is 0.912 bits per heavy atom. The number of hydrogen-bond acceptors (Lipinski definition) is 7. The molecule has 0 fully saturated rings. The van der Waals surface area contributed by atoms with Crippen LogP contribution in [0.1, 0.15) is 22.5 Å². The molecule has 1 aliphatic heterocycles. The zero-order valence-corrected chi connectivity index (χ0v) is 17.8. The van der Waals surface area contributed by atoms with Gasteiger partial charge >= 0.3 is 12.4 Å². The first kappa shape index (κ1) is 23.5. The highest BCUT2D eigenvalue weighted by molar-refractivity contribution is 5.62. The molecule has 1 aliphatic rings. The molecule has 2 N–H and O–H groups in total. The molecule has 180 valence electrons. The van der Waals surface area contributed by atoms with Crippen LogP contribution in [0.3, 0.4) is 0 Å². The Morgan fingerprint density at radius 3 is 2.32 bits per heavy atom. The van der Waals surface area contributed by atoms with Gasteiger partial charge in [-0.2, -0.15) is 31.3 Å². The van der Waals surface area contributed by atoms with Crippen molar-refractivity contribution in [1.29, 1.82) is 0 Å². The van der Waals surface area contributed by atoms with E-state index in [1.165, 1.54) is 18.3 Å². The van der Waals surface area contributed by atoms with Crippen molar-refractivity contribution in [2.24, 2.45) is 0 Å². The van der Waals surface area contributed by atoms with E-state index in [1.54, 1.807) is 11.9 Å². The number of anilines is 4. The van der Waals surface area contributed by atoms with Crippen molar-refractivity contribution >= 4 is 23.3 Å². The number of alkyl halides is 6. The molecule has 0 spiro atoms. The summed E-state index contributed by atoms with van der Waals surface area (Å²) in [6.45, 7) is 0.462. The SMILES string of the molecule is CNc1nc2c(c(Nc3ccc(C(F)(F)F)nc3)n1)CCN(c1ncccc1C(F)(F)F)CC2. The predicted octanol–water partition coefficient (Wildman–Crippen LogP) is 4.69. The number of halogens is 6. The van der Waals surface area contributed by atoms with Gasteiger partial charge < -0.3 is 15.5 Å². The Labute approximate surface area is 190 Å². The molecule has 7 nitrogen and oxygen atoms in total. The molecule has 0 atom stereocenters. The normalized spacial score (nSPS) is 14.4. The van der Waals surface area contributed by atoms with Gasteiger partial charge in [0.15, 0.2) is 0 Å². The van der Waals surface area contributed by atoms with Gasteiger partial charge in [0.25, 0.3) is 0 Å². The van der Waals surface area contributed by atoms with Gasteiger partial charge in [0, 0.05) is 38.3 Å². The Bertz CT molecular complexity index is 1160. The van der Waals surface area contributed by atoms with Crippen molar-refractivity contribution in [3.8, 4) is 0 Å². The number of pyridine rings is 2. The topological polar surface area (TPSA) is 78.9 Å². The molecule has 4 heterocycles. The van der Waals surface area contributed by atoms with Crippen LogP contribution in [0.15, 0.2) is 36.7 Å². The highest BCUT2D eigenvalue weighted by Crippen LogP contribution is 2.36. The maximum Gasteiger partial charge on any atom is 0.433 e. The number of nitrogens with zero attached hydrogens (tertiary/aromatic N) is 5. The van der Waals surface area contributed by atoms with E-state index in [9.17, 15) is 26.3 Å². The summed E-state index contributed by atoms with van der Waals surface area (Å²) in [5.74, 6) is 0.448. The molecule has 34 heavy (non-hydrogen) atoms. The van der Waals surface area contributed by atoms with Crippen LogP contribution >= 0.6 is 0 Å². The molecule has 3 aromatic rings. The van der Waals surface area contributed by atoms with Gasteiger partial charge in [-0.15, -0.1) is 0 Å². The molecule has 0 aromatic carbocycles. The van der Waals surface area contributed by atoms with Gasteiger partial charge in [-0.1, -0.05) is 0 Å². The first-order valence-corrected chi connectivity index (χ1v) is 10.2. The molecule has 0 bridgehead atoms. The van der Waals surface area contributed by atoms with Gasteiger partial charge in [-0.25, -0.2) is 15.0 Å². The number of fused-ring (bicyclic) bond motifs is 1. The third kappa shape index (κ3) is 4.97. The average Bonchev–Trinajstić information content (AvgIpc) is 3.01. The number of hydrogen-bond donors (Lipinski definition) is 2. The molecule has 0 saturated heterocycles. The van der Waals surface area contributed by atoms with Crippen molar-refractivity contribution in [3.63, 3.8) is 0 Å². The third-order valence-corrected chi connectivity index (χ3v) is 5.27. The molecule has 0 saturated carbocycles. The van der Waals surface area contributed by atoms with Crippen LogP contribution in [0.5, 0.6) is 0 Å². The lowest BCUT2D eigenvalue weighted by atomic mass is 10.1. The van der Waals surface area contributed by atoms with Crippen LogP contribution in [0, 0.1) is 0 Å². The second-order valence-electron chi connectivity index (χ2n) is 7.49. The summed E-state index contributed by atoms with van der Waals surface area (Å²) < 4.78 is 78.9. The summed E-state index contributed by atoms with van der Waals surface area (Å²) in [7, 11) is 1.61. The van der Waals surface area contributed by atoms with Gasteiger partial charge in [0.2, 0.25) is 5.95 Å². The number of rotatable bonds is 4. The lowest BCUT2D eigenvalue weighted by Gasteiger charge is -2.24. The van der Waals surface area contributed by atoms with Gasteiger partial charge in [-0.05, 0) is 30.7 Å². The molecule has 13 heteroatoms. The lowest BCUT2D eigenvalue weighted by molar-refractivity contribution is -0.141. The Hall–Kier alpha value is -3.64. The van der Waals surface area contributed by atoms with Crippen LogP contribution < -0.4 is 15.5 Å². The fourth-order valence-corrected chi connectivity index (χ4v) is 3.67. The standard InChI is InChI=1S/C21H19F6N7/c1-28-19-32-15-7-10-34(18-14(20(22,23)24)3-2-8-29-18)9-6-13(15)17(33-19)31-12-4-5-16(30-11-12)21(25,26)27/h2-5,8,11H,6-7,9-10H2,1H3,(H2,28,31,32,33). The van der Waals surface area contributed by atoms with Gasteiger partial charge in [-0.3, -0.25) is 0 Å². The Morgan fingerprint density at radius 2 is 1.68 bits per heavy atom. The molecule has 0 radical (unpaired) electrons. The van der Waals surface area contributed by atoms with Gasteiger partial charge in [0.1, 0.15) is 17.3 Å². The van der Waals surface area contributed by atoms with Crippen LogP contribution in [0.4, 0.5) is 49.6 Å². The fourth-order valence-electron chi connectivity index (χ4n) is 3.67. The summed E-state index contributed by atoms with van der Waals surface area (Å²) in [6, 6.07) is 4.31. The highest BCUT2D eigenvalue weighted by Gasteiger charge is 2.36. The predicted molar refractivity (Wildman–Crippen MR) is 113 cm³/mol. The largest absolute Gasteiger partial charge is 0.433 e. The molecular formula is C21H19F6N7. The molecule has 3 aromatic heterocycles. The minimum absolute atomic E-state index is 0.161. The molecule has 0 aliphatic carbocycles. The van der Waals surface area contributed by atoms with Gasteiger partial charge in [0.05, 0.1) is 23.1 Å². The Balaban J connectivity index is 1.63. The van der Waals surface area contributed by atoms with E-state index in [4.69, 9.17) is 0 Å². The van der Waals surface area contributed by atoms with Crippen LogP contribution in [0.25, 0.3) is 0 Å².